The normalized spacial score (nSPS) is 20.3. The Morgan fingerprint density at radius 2 is 1.56 bits per heavy atom. The molecule has 0 bridgehead atoms. The van der Waals surface area contributed by atoms with Gasteiger partial charge in [-0.05, 0) is 80.9 Å². The number of halogens is 6. The molecule has 222 valence electrons. The summed E-state index contributed by atoms with van der Waals surface area (Å²) < 4.78 is 91.0. The van der Waals surface area contributed by atoms with Gasteiger partial charge in [-0.3, -0.25) is 9.59 Å². The summed E-state index contributed by atoms with van der Waals surface area (Å²) in [7, 11) is 0. The highest BCUT2D eigenvalue weighted by atomic mass is 32.2. The number of carbonyl (C=O) groups excluding carboxylic acids is 1. The molecule has 0 radical (unpaired) electrons. The summed E-state index contributed by atoms with van der Waals surface area (Å²) in [6, 6.07) is 7.97. The molecule has 2 aromatic rings. The fourth-order valence-electron chi connectivity index (χ4n) is 5.15. The highest BCUT2D eigenvalue weighted by molar-refractivity contribution is 7.99. The van der Waals surface area contributed by atoms with Crippen LogP contribution >= 0.6 is 11.8 Å². The molecular formula is C29H29F6NO4S. The van der Waals surface area contributed by atoms with Gasteiger partial charge >= 0.3 is 18.3 Å². The lowest BCUT2D eigenvalue weighted by Gasteiger charge is -2.27. The zero-order valence-electron chi connectivity index (χ0n) is 21.9. The number of piperidine rings is 1. The molecular weight excluding hydrogens is 572 g/mol. The van der Waals surface area contributed by atoms with Crippen LogP contribution in [0.25, 0.3) is 6.08 Å². The lowest BCUT2D eigenvalue weighted by molar-refractivity contribution is -0.163. The van der Waals surface area contributed by atoms with Crippen molar-refractivity contribution in [3.05, 3.63) is 59.2 Å². The second-order valence-corrected chi connectivity index (χ2v) is 11.2. The molecule has 4 rings (SSSR count). The van der Waals surface area contributed by atoms with Crippen molar-refractivity contribution in [3.63, 3.8) is 0 Å². The smallest absolute Gasteiger partial charge is 0.418 e. The van der Waals surface area contributed by atoms with Crippen LogP contribution in [0.4, 0.5) is 26.3 Å². The Labute approximate surface area is 237 Å². The van der Waals surface area contributed by atoms with Gasteiger partial charge in [0.2, 0.25) is 5.91 Å². The van der Waals surface area contributed by atoms with E-state index < -0.39 is 51.7 Å². The minimum atomic E-state index is -5.34. The molecule has 1 amide bonds. The van der Waals surface area contributed by atoms with Crippen LogP contribution in [0.5, 0.6) is 5.75 Å². The molecule has 2 aromatic carbocycles. The van der Waals surface area contributed by atoms with Gasteiger partial charge in [-0.25, -0.2) is 0 Å². The molecule has 1 saturated carbocycles. The Bertz CT molecular complexity index is 1280. The summed E-state index contributed by atoms with van der Waals surface area (Å²) >= 11 is 0.531. The van der Waals surface area contributed by atoms with Crippen LogP contribution < -0.4 is 4.74 Å². The van der Waals surface area contributed by atoms with Gasteiger partial charge in [0.15, 0.2) is 0 Å². The largest absolute Gasteiger partial charge is 0.490 e. The molecule has 2 aliphatic rings. The van der Waals surface area contributed by atoms with Crippen LogP contribution in [0.15, 0.2) is 52.3 Å². The Kier molecular flexibility index (Phi) is 9.61. The number of aliphatic carboxylic acids is 1. The third-order valence-corrected chi connectivity index (χ3v) is 8.25. The number of ether oxygens (including phenoxy) is 1. The average Bonchev–Trinajstić information content (AvgIpc) is 2.91. The first-order valence-corrected chi connectivity index (χ1v) is 14.1. The van der Waals surface area contributed by atoms with Crippen molar-refractivity contribution in [1.82, 2.24) is 4.90 Å². The maximum atomic E-state index is 14.2. The molecule has 1 aliphatic heterocycles. The molecule has 0 atom stereocenters. The van der Waals surface area contributed by atoms with Crippen LogP contribution in [0.2, 0.25) is 0 Å². The Hall–Kier alpha value is -3.15. The van der Waals surface area contributed by atoms with Crippen LogP contribution in [-0.2, 0) is 21.9 Å². The molecule has 12 heteroatoms. The number of alkyl halides is 6. The van der Waals surface area contributed by atoms with E-state index in [1.54, 1.807) is 6.07 Å². The summed E-state index contributed by atoms with van der Waals surface area (Å²) in [4.78, 5) is 24.7. The maximum Gasteiger partial charge on any atom is 0.418 e. The van der Waals surface area contributed by atoms with Crippen LogP contribution in [-0.4, -0.2) is 41.1 Å². The first-order chi connectivity index (χ1) is 19.3. The van der Waals surface area contributed by atoms with Gasteiger partial charge in [-0.2, -0.15) is 26.3 Å². The standard InChI is InChI=1S/C29H29F6NO4S/c30-28(31,32)25-18(10-14-24(37)36-15-2-1-3-16-36)9-13-23(26(25)29(33,34)35)41-22-6-4-5-21(17-22)40-20-11-7-19(8-12-20)27(38)39/h4-6,9-10,13-14,17,19-20H,1-3,7-8,11-12,15-16H2,(H,38,39)/b14-10+. The highest BCUT2D eigenvalue weighted by Gasteiger charge is 2.46. The molecule has 1 heterocycles. The Balaban J connectivity index is 1.60. The van der Waals surface area contributed by atoms with Crippen molar-refractivity contribution >= 4 is 29.7 Å². The molecule has 1 N–H and O–H groups in total. The van der Waals surface area contributed by atoms with Crippen LogP contribution in [0.3, 0.4) is 0 Å². The first-order valence-electron chi connectivity index (χ1n) is 13.3. The van der Waals surface area contributed by atoms with Crippen molar-refractivity contribution < 1.29 is 45.8 Å². The van der Waals surface area contributed by atoms with E-state index in [2.05, 4.69) is 0 Å². The van der Waals surface area contributed by atoms with Gasteiger partial charge in [-0.15, -0.1) is 0 Å². The number of amides is 1. The molecule has 0 unspecified atom stereocenters. The van der Waals surface area contributed by atoms with Gasteiger partial charge in [-0.1, -0.05) is 23.9 Å². The minimum absolute atomic E-state index is 0.240. The van der Waals surface area contributed by atoms with E-state index in [0.29, 0.717) is 56.3 Å². The third-order valence-electron chi connectivity index (χ3n) is 7.20. The maximum absolute atomic E-state index is 14.2. The predicted octanol–water partition coefficient (Wildman–Crippen LogP) is 7.92. The summed E-state index contributed by atoms with van der Waals surface area (Å²) in [6.45, 7) is 0.899. The number of carboxylic acid groups (broad SMARTS) is 1. The number of rotatable bonds is 7. The fraction of sp³-hybridized carbons (Fsp3) is 0.448. The number of nitrogens with zero attached hydrogens (tertiary/aromatic N) is 1. The van der Waals surface area contributed by atoms with Crippen LogP contribution in [0.1, 0.15) is 61.6 Å². The second-order valence-electron chi connectivity index (χ2n) is 10.1. The van der Waals surface area contributed by atoms with E-state index in [0.717, 1.165) is 43.5 Å². The van der Waals surface area contributed by atoms with E-state index in [1.807, 2.05) is 0 Å². The summed E-state index contributed by atoms with van der Waals surface area (Å²) in [5, 5.41) is 9.15. The van der Waals surface area contributed by atoms with E-state index in [1.165, 1.54) is 23.1 Å². The average molecular weight is 602 g/mol. The number of hydrogen-bond donors (Lipinski definition) is 1. The zero-order valence-corrected chi connectivity index (χ0v) is 22.7. The quantitative estimate of drug-likeness (QED) is 0.258. The lowest BCUT2D eigenvalue weighted by atomic mass is 9.87. The number of carboxylic acids is 1. The topological polar surface area (TPSA) is 66.8 Å². The molecule has 5 nitrogen and oxygen atoms in total. The minimum Gasteiger partial charge on any atom is -0.490 e. The number of hydrogen-bond acceptors (Lipinski definition) is 4. The van der Waals surface area contributed by atoms with Gasteiger partial charge in [0, 0.05) is 29.0 Å². The van der Waals surface area contributed by atoms with Crippen molar-refractivity contribution in [2.45, 2.75) is 73.2 Å². The van der Waals surface area contributed by atoms with E-state index >= 15 is 0 Å². The van der Waals surface area contributed by atoms with Crippen molar-refractivity contribution in [3.8, 4) is 5.75 Å². The molecule has 1 aliphatic carbocycles. The number of benzene rings is 2. The lowest BCUT2D eigenvalue weighted by Crippen LogP contribution is -2.34. The monoisotopic (exact) mass is 601 g/mol. The van der Waals surface area contributed by atoms with Crippen LogP contribution in [0, 0.1) is 5.92 Å². The van der Waals surface area contributed by atoms with E-state index in [4.69, 9.17) is 9.84 Å². The molecule has 41 heavy (non-hydrogen) atoms. The molecule has 1 saturated heterocycles. The van der Waals surface area contributed by atoms with Gasteiger partial charge in [0.05, 0.1) is 23.1 Å². The van der Waals surface area contributed by atoms with Gasteiger partial charge in [0.25, 0.3) is 0 Å². The zero-order chi connectivity index (χ0) is 29.8. The van der Waals surface area contributed by atoms with E-state index in [-0.39, 0.29) is 11.0 Å². The number of carbonyl (C=O) groups is 2. The molecule has 2 fully saturated rings. The van der Waals surface area contributed by atoms with Crippen molar-refractivity contribution in [2.24, 2.45) is 5.92 Å². The SMILES string of the molecule is O=C(O)C1CCC(Oc2cccc(Sc3ccc(/C=C/C(=O)N4CCCCC4)c(C(F)(F)F)c3C(F)(F)F)c2)CC1. The van der Waals surface area contributed by atoms with E-state index in [9.17, 15) is 35.9 Å². The molecule has 0 aromatic heterocycles. The van der Waals surface area contributed by atoms with Gasteiger partial charge < -0.3 is 14.7 Å². The van der Waals surface area contributed by atoms with Crippen molar-refractivity contribution in [1.29, 1.82) is 0 Å². The summed E-state index contributed by atoms with van der Waals surface area (Å²) in [5.41, 5.74) is -4.41. The number of likely N-dealkylation sites (tertiary alicyclic amines) is 1. The van der Waals surface area contributed by atoms with Crippen molar-refractivity contribution in [2.75, 3.05) is 13.1 Å². The first kappa shape index (κ1) is 30.8. The highest BCUT2D eigenvalue weighted by Crippen LogP contribution is 2.48. The summed E-state index contributed by atoms with van der Waals surface area (Å²) in [6.07, 6.45) is -4.92. The second kappa shape index (κ2) is 12.8. The Morgan fingerprint density at radius 1 is 0.902 bits per heavy atom. The fourth-order valence-corrected chi connectivity index (χ4v) is 6.18. The molecule has 0 spiro atoms. The Morgan fingerprint density at radius 3 is 2.17 bits per heavy atom. The third kappa shape index (κ3) is 7.99. The van der Waals surface area contributed by atoms with Gasteiger partial charge in [0.1, 0.15) is 5.75 Å². The summed E-state index contributed by atoms with van der Waals surface area (Å²) in [5.74, 6) is -1.52. The predicted molar refractivity (Wildman–Crippen MR) is 140 cm³/mol.